The van der Waals surface area contributed by atoms with E-state index in [-0.39, 0.29) is 17.8 Å². The van der Waals surface area contributed by atoms with Crippen molar-refractivity contribution in [1.82, 2.24) is 4.90 Å². The van der Waals surface area contributed by atoms with Crippen molar-refractivity contribution in [2.24, 2.45) is 11.3 Å². The summed E-state index contributed by atoms with van der Waals surface area (Å²) < 4.78 is 10.9. The van der Waals surface area contributed by atoms with E-state index in [1.54, 1.807) is 17.4 Å². The summed E-state index contributed by atoms with van der Waals surface area (Å²) in [7, 11) is 1.85. The molecule has 5 rings (SSSR count). The van der Waals surface area contributed by atoms with Gasteiger partial charge in [0.05, 0.1) is 18.6 Å². The van der Waals surface area contributed by atoms with E-state index >= 15 is 0 Å². The van der Waals surface area contributed by atoms with Crippen molar-refractivity contribution in [3.05, 3.63) is 53.5 Å². The number of piperazine rings is 1. The first-order valence-corrected chi connectivity index (χ1v) is 14.0. The van der Waals surface area contributed by atoms with E-state index < -0.39 is 0 Å². The number of piperidine rings is 1. The van der Waals surface area contributed by atoms with Crippen LogP contribution in [0.15, 0.2) is 46.8 Å². The molecule has 37 heavy (non-hydrogen) atoms. The highest BCUT2D eigenvalue weighted by molar-refractivity contribution is 5.85. The van der Waals surface area contributed by atoms with Gasteiger partial charge in [0.2, 0.25) is 0 Å². The molecule has 0 N–H and O–H groups in total. The molecule has 2 saturated heterocycles. The van der Waals surface area contributed by atoms with Gasteiger partial charge in [0.15, 0.2) is 0 Å². The van der Waals surface area contributed by atoms with Gasteiger partial charge in [-0.05, 0) is 73.8 Å². The van der Waals surface area contributed by atoms with Crippen LogP contribution in [0.1, 0.15) is 64.5 Å². The minimum atomic E-state index is 0. The van der Waals surface area contributed by atoms with Gasteiger partial charge in [0.25, 0.3) is 0 Å². The van der Waals surface area contributed by atoms with Crippen LogP contribution in [-0.2, 0) is 11.3 Å². The van der Waals surface area contributed by atoms with E-state index in [0.717, 1.165) is 58.7 Å². The molecular formula is C31H46ClN3O2. The maximum atomic E-state index is 5.63. The van der Waals surface area contributed by atoms with Gasteiger partial charge in [0, 0.05) is 75.4 Å². The van der Waals surface area contributed by atoms with Crippen molar-refractivity contribution in [1.29, 1.82) is 0 Å². The van der Waals surface area contributed by atoms with Gasteiger partial charge in [-0.3, -0.25) is 4.90 Å². The summed E-state index contributed by atoms with van der Waals surface area (Å²) in [4.78, 5) is 7.75. The lowest BCUT2D eigenvalue weighted by molar-refractivity contribution is 0.0819. The van der Waals surface area contributed by atoms with Gasteiger partial charge in [-0.25, -0.2) is 0 Å². The van der Waals surface area contributed by atoms with E-state index in [0.29, 0.717) is 12.0 Å². The number of benzene rings is 1. The summed E-state index contributed by atoms with van der Waals surface area (Å²) >= 11 is 0. The first-order valence-electron chi connectivity index (χ1n) is 14.0. The van der Waals surface area contributed by atoms with Crippen LogP contribution < -0.4 is 9.80 Å². The fourth-order valence-corrected chi connectivity index (χ4v) is 6.38. The van der Waals surface area contributed by atoms with Crippen LogP contribution in [0.5, 0.6) is 0 Å². The predicted molar refractivity (Wildman–Crippen MR) is 157 cm³/mol. The van der Waals surface area contributed by atoms with Gasteiger partial charge >= 0.3 is 0 Å². The van der Waals surface area contributed by atoms with Gasteiger partial charge in [0.1, 0.15) is 0 Å². The zero-order chi connectivity index (χ0) is 25.3. The number of hydrogen-bond acceptors (Lipinski definition) is 5. The molecule has 1 aromatic heterocycles. The van der Waals surface area contributed by atoms with Gasteiger partial charge in [-0.1, -0.05) is 26.3 Å². The van der Waals surface area contributed by atoms with E-state index in [1.807, 2.05) is 13.4 Å². The predicted octanol–water partition coefficient (Wildman–Crippen LogP) is 6.87. The van der Waals surface area contributed by atoms with Gasteiger partial charge < -0.3 is 19.0 Å². The Kier molecular flexibility index (Phi) is 8.98. The maximum absolute atomic E-state index is 5.63. The van der Waals surface area contributed by atoms with E-state index in [1.165, 1.54) is 35.3 Å². The Morgan fingerprint density at radius 1 is 0.973 bits per heavy atom. The van der Waals surface area contributed by atoms with Crippen molar-refractivity contribution in [3.63, 3.8) is 0 Å². The molecule has 0 spiro atoms. The van der Waals surface area contributed by atoms with Crippen LogP contribution in [0.4, 0.5) is 11.4 Å². The lowest BCUT2D eigenvalue weighted by Gasteiger charge is -2.42. The molecule has 0 radical (unpaired) electrons. The molecule has 204 valence electrons. The Balaban J connectivity index is 0.00000320. The van der Waals surface area contributed by atoms with Crippen LogP contribution >= 0.6 is 12.4 Å². The first-order chi connectivity index (χ1) is 17.4. The molecule has 3 aliphatic rings. The molecule has 2 fully saturated rings. The van der Waals surface area contributed by atoms with E-state index in [2.05, 4.69) is 66.7 Å². The number of allylic oxidation sites excluding steroid dienone is 2. The summed E-state index contributed by atoms with van der Waals surface area (Å²) in [6, 6.07) is 9.39. The quantitative estimate of drug-likeness (QED) is 0.409. The number of anilines is 2. The van der Waals surface area contributed by atoms with E-state index in [9.17, 15) is 0 Å². The normalized spacial score (nSPS) is 23.3. The fourth-order valence-electron chi connectivity index (χ4n) is 6.38. The Bertz CT molecular complexity index is 1050. The SMILES string of the molecule is COC1CCN(c2ccc(N3CCN(Cc4ccoc4)CC3)c(C3=C(C)C(C)(C)C(C)CC3)c2)CC1.Cl. The lowest BCUT2D eigenvalue weighted by Crippen LogP contribution is -2.46. The van der Waals surface area contributed by atoms with Crippen LogP contribution in [0.2, 0.25) is 0 Å². The topological polar surface area (TPSA) is 32.1 Å². The highest BCUT2D eigenvalue weighted by atomic mass is 35.5. The second-order valence-corrected chi connectivity index (χ2v) is 11.8. The molecule has 2 aromatic rings. The lowest BCUT2D eigenvalue weighted by atomic mass is 9.65. The Morgan fingerprint density at radius 3 is 2.35 bits per heavy atom. The molecule has 3 heterocycles. The minimum Gasteiger partial charge on any atom is -0.472 e. The number of halogens is 1. The molecule has 2 aliphatic heterocycles. The van der Waals surface area contributed by atoms with Crippen molar-refractivity contribution in [2.45, 2.75) is 66.0 Å². The third-order valence-corrected chi connectivity index (χ3v) is 9.62. The summed E-state index contributed by atoms with van der Waals surface area (Å²) in [5.74, 6) is 0.715. The third kappa shape index (κ3) is 5.89. The highest BCUT2D eigenvalue weighted by Gasteiger charge is 2.35. The van der Waals surface area contributed by atoms with Crippen molar-refractivity contribution < 1.29 is 9.15 Å². The number of hydrogen-bond donors (Lipinski definition) is 0. The smallest absolute Gasteiger partial charge is 0.0947 e. The van der Waals surface area contributed by atoms with E-state index in [4.69, 9.17) is 9.15 Å². The van der Waals surface area contributed by atoms with Crippen LogP contribution in [-0.4, -0.2) is 57.4 Å². The van der Waals surface area contributed by atoms with Crippen molar-refractivity contribution >= 4 is 29.4 Å². The standard InChI is InChI=1S/C31H45N3O2.ClH/c1-23-6-8-28(24(2)31(23,3)4)29-20-26(33-13-10-27(35-5)11-14-33)7-9-30(29)34-17-15-32(16-18-34)21-25-12-19-36-22-25;/h7,9,12,19-20,22-23,27H,6,8,10-11,13-18,21H2,1-5H3;1H. The number of methoxy groups -OCH3 is 1. The molecule has 0 bridgehead atoms. The molecule has 0 saturated carbocycles. The Labute approximate surface area is 230 Å². The molecule has 1 aromatic carbocycles. The van der Waals surface area contributed by atoms with Gasteiger partial charge in [-0.15, -0.1) is 12.4 Å². The van der Waals surface area contributed by atoms with Gasteiger partial charge in [-0.2, -0.15) is 0 Å². The zero-order valence-electron chi connectivity index (χ0n) is 23.5. The third-order valence-electron chi connectivity index (χ3n) is 9.62. The molecule has 1 unspecified atom stereocenters. The van der Waals surface area contributed by atoms with Crippen LogP contribution in [0.3, 0.4) is 0 Å². The molecule has 1 aliphatic carbocycles. The molecule has 0 amide bonds. The second-order valence-electron chi connectivity index (χ2n) is 11.8. The largest absolute Gasteiger partial charge is 0.472 e. The minimum absolute atomic E-state index is 0. The number of furan rings is 1. The summed E-state index contributed by atoms with van der Waals surface area (Å²) in [6.45, 7) is 17.1. The van der Waals surface area contributed by atoms with Crippen LogP contribution in [0.25, 0.3) is 5.57 Å². The van der Waals surface area contributed by atoms with Crippen LogP contribution in [0, 0.1) is 11.3 Å². The number of ether oxygens (including phenoxy) is 1. The zero-order valence-corrected chi connectivity index (χ0v) is 24.3. The summed E-state index contributed by atoms with van der Waals surface area (Å²) in [5.41, 5.74) is 8.94. The monoisotopic (exact) mass is 527 g/mol. The Morgan fingerprint density at radius 2 is 1.70 bits per heavy atom. The molecule has 6 heteroatoms. The summed E-state index contributed by atoms with van der Waals surface area (Å²) in [6.07, 6.45) is 8.72. The van der Waals surface area contributed by atoms with Crippen molar-refractivity contribution in [3.8, 4) is 0 Å². The Hall–Kier alpha value is -1.95. The maximum Gasteiger partial charge on any atom is 0.0947 e. The second kappa shape index (κ2) is 11.8. The molecule has 5 nitrogen and oxygen atoms in total. The summed E-state index contributed by atoms with van der Waals surface area (Å²) in [5, 5.41) is 0. The number of rotatable bonds is 6. The average molecular weight is 528 g/mol. The first kappa shape index (κ1) is 28.1. The number of nitrogens with zero attached hydrogens (tertiary/aromatic N) is 3. The fraction of sp³-hybridized carbons (Fsp3) is 0.613. The molecular weight excluding hydrogens is 482 g/mol. The average Bonchev–Trinajstić information content (AvgIpc) is 3.41. The molecule has 1 atom stereocenters. The van der Waals surface area contributed by atoms with Crippen molar-refractivity contribution in [2.75, 3.05) is 56.2 Å². The highest BCUT2D eigenvalue weighted by Crippen LogP contribution is 2.49.